The Labute approximate surface area is 234 Å². The van der Waals surface area contributed by atoms with E-state index in [0.29, 0.717) is 23.2 Å². The number of hydrogen-bond acceptors (Lipinski definition) is 5. The number of hydrogen-bond donors (Lipinski definition) is 2. The van der Waals surface area contributed by atoms with Gasteiger partial charge < -0.3 is 15.2 Å². The molecule has 2 unspecified atom stereocenters. The molecule has 1 spiro atoms. The zero-order valence-electron chi connectivity index (χ0n) is 21.8. The van der Waals surface area contributed by atoms with Crippen molar-refractivity contribution >= 4 is 17.6 Å². The van der Waals surface area contributed by atoms with Crippen LogP contribution in [0.5, 0.6) is 5.75 Å². The summed E-state index contributed by atoms with van der Waals surface area (Å²) >= 11 is 0. The third-order valence-electron chi connectivity index (χ3n) is 8.14. The molecular weight excluding hydrogens is 523 g/mol. The van der Waals surface area contributed by atoms with Gasteiger partial charge in [0.1, 0.15) is 17.1 Å². The number of carboxylic acid groups (broad SMARTS) is 1. The summed E-state index contributed by atoms with van der Waals surface area (Å²) in [6, 6.07) is 23.6. The van der Waals surface area contributed by atoms with Gasteiger partial charge in [-0.2, -0.15) is 0 Å². The highest BCUT2D eigenvalue weighted by molar-refractivity contribution is 6.10. The Hall–Kier alpha value is -5.31. The molecule has 0 radical (unpaired) electrons. The third kappa shape index (κ3) is 3.88. The molecule has 1 aliphatic heterocycles. The molecule has 0 saturated heterocycles. The van der Waals surface area contributed by atoms with Gasteiger partial charge in [0.15, 0.2) is 0 Å². The molecule has 4 aromatic carbocycles. The highest BCUT2D eigenvalue weighted by Crippen LogP contribution is 2.65. The topological polar surface area (TPSA) is 106 Å². The molecule has 1 fully saturated rings. The van der Waals surface area contributed by atoms with Crippen molar-refractivity contribution < 1.29 is 23.8 Å². The molecule has 41 heavy (non-hydrogen) atoms. The van der Waals surface area contributed by atoms with Crippen molar-refractivity contribution in [1.29, 1.82) is 0 Å². The minimum atomic E-state index is -1.10. The molecule has 5 aromatic rings. The number of ether oxygens (including phenoxy) is 1. The number of carbonyl (C=O) groups excluding carboxylic acids is 1. The van der Waals surface area contributed by atoms with Crippen molar-refractivity contribution in [3.05, 3.63) is 114 Å². The maximum absolute atomic E-state index is 15.3. The van der Waals surface area contributed by atoms with E-state index in [1.807, 2.05) is 48.5 Å². The summed E-state index contributed by atoms with van der Waals surface area (Å²) in [5.41, 5.74) is 5.06. The molecule has 1 aliphatic carbocycles. The van der Waals surface area contributed by atoms with Crippen LogP contribution in [0.4, 0.5) is 10.1 Å². The predicted octanol–water partition coefficient (Wildman–Crippen LogP) is 5.82. The van der Waals surface area contributed by atoms with Gasteiger partial charge >= 0.3 is 5.97 Å². The minimum absolute atomic E-state index is 0.0404. The normalized spacial score (nSPS) is 18.7. The van der Waals surface area contributed by atoms with Crippen LogP contribution >= 0.6 is 0 Å². The minimum Gasteiger partial charge on any atom is -0.496 e. The number of aromatic nitrogens is 3. The molecule has 8 nitrogen and oxygen atoms in total. The Morgan fingerprint density at radius 2 is 1.73 bits per heavy atom. The number of carboxylic acids is 1. The largest absolute Gasteiger partial charge is 0.496 e. The third-order valence-corrected chi connectivity index (χ3v) is 8.14. The molecule has 9 heteroatoms. The van der Waals surface area contributed by atoms with Crippen molar-refractivity contribution in [2.45, 2.75) is 17.8 Å². The van der Waals surface area contributed by atoms with E-state index >= 15 is 4.39 Å². The van der Waals surface area contributed by atoms with Crippen molar-refractivity contribution in [1.82, 2.24) is 15.0 Å². The lowest BCUT2D eigenvalue weighted by Crippen LogP contribution is -2.21. The van der Waals surface area contributed by atoms with Gasteiger partial charge in [-0.25, -0.2) is 13.9 Å². The van der Waals surface area contributed by atoms with Crippen molar-refractivity contribution in [3.8, 4) is 33.7 Å². The number of nitrogens with one attached hydrogen (secondary N) is 1. The number of fused-ring (bicyclic) bond motifs is 2. The smallest absolute Gasteiger partial charge is 0.339 e. The van der Waals surface area contributed by atoms with E-state index in [1.165, 1.54) is 13.2 Å². The molecule has 1 amide bonds. The Balaban J connectivity index is 1.20. The molecule has 1 aromatic heterocycles. The van der Waals surface area contributed by atoms with Crippen molar-refractivity contribution in [2.75, 3.05) is 12.4 Å². The van der Waals surface area contributed by atoms with E-state index in [4.69, 9.17) is 4.74 Å². The zero-order chi connectivity index (χ0) is 28.3. The van der Waals surface area contributed by atoms with Gasteiger partial charge in [0.05, 0.1) is 30.6 Å². The number of methoxy groups -OCH3 is 1. The Bertz CT molecular complexity index is 1840. The fraction of sp³-hybridized carbons (Fsp3) is 0.125. The second-order valence-corrected chi connectivity index (χ2v) is 10.3. The van der Waals surface area contributed by atoms with E-state index in [9.17, 15) is 14.7 Å². The summed E-state index contributed by atoms with van der Waals surface area (Å²) in [6.07, 6.45) is 3.90. The quantitative estimate of drug-likeness (QED) is 0.278. The van der Waals surface area contributed by atoms with Crippen LogP contribution < -0.4 is 10.1 Å². The Morgan fingerprint density at radius 1 is 1.02 bits per heavy atom. The fourth-order valence-corrected chi connectivity index (χ4v) is 5.94. The monoisotopic (exact) mass is 546 g/mol. The van der Waals surface area contributed by atoms with Crippen molar-refractivity contribution in [2.24, 2.45) is 0 Å². The standard InChI is InChI=1S/C32H23FN4O4/c1-41-29-11-8-21(14-24(29)30(38)39)26-17-32(26)25-15-23(27(33)16-28(25)35-31(32)40)20-4-2-18(3-5-20)19-6-9-22(10-7-19)37-13-12-34-36-37/h2-16,26H,17H2,1H3,(H,35,40)(H,38,39). The number of nitrogens with zero attached hydrogens (tertiary/aromatic N) is 3. The molecule has 0 bridgehead atoms. The summed E-state index contributed by atoms with van der Waals surface area (Å²) in [5, 5.41) is 20.3. The molecule has 2 N–H and O–H groups in total. The van der Waals surface area contributed by atoms with Crippen molar-refractivity contribution in [3.63, 3.8) is 0 Å². The maximum Gasteiger partial charge on any atom is 0.339 e. The van der Waals surface area contributed by atoms with Crippen LogP contribution in [0.1, 0.15) is 33.8 Å². The molecule has 7 rings (SSSR count). The summed E-state index contributed by atoms with van der Waals surface area (Å²) < 4.78 is 22.2. The summed E-state index contributed by atoms with van der Waals surface area (Å²) in [4.78, 5) is 25.0. The second-order valence-electron chi connectivity index (χ2n) is 10.3. The predicted molar refractivity (Wildman–Crippen MR) is 150 cm³/mol. The summed E-state index contributed by atoms with van der Waals surface area (Å²) in [6.45, 7) is 0. The first-order chi connectivity index (χ1) is 19.9. The van der Waals surface area contributed by atoms with Gasteiger partial charge in [0, 0.05) is 17.2 Å². The van der Waals surface area contributed by atoms with Crippen LogP contribution in [0.2, 0.25) is 0 Å². The lowest BCUT2D eigenvalue weighted by atomic mass is 9.89. The molecule has 2 heterocycles. The van der Waals surface area contributed by atoms with Gasteiger partial charge in [-0.15, -0.1) is 5.10 Å². The van der Waals surface area contributed by atoms with E-state index in [1.54, 1.807) is 41.3 Å². The average molecular weight is 547 g/mol. The van der Waals surface area contributed by atoms with Gasteiger partial charge in [0.25, 0.3) is 0 Å². The van der Waals surface area contributed by atoms with Crippen LogP contribution in [0.3, 0.4) is 0 Å². The van der Waals surface area contributed by atoms with E-state index in [2.05, 4.69) is 15.6 Å². The van der Waals surface area contributed by atoms with E-state index in [0.717, 1.165) is 27.9 Å². The fourth-order valence-electron chi connectivity index (χ4n) is 5.94. The van der Waals surface area contributed by atoms with Crippen LogP contribution in [0.15, 0.2) is 91.3 Å². The highest BCUT2D eigenvalue weighted by atomic mass is 19.1. The maximum atomic E-state index is 15.3. The van der Waals surface area contributed by atoms with Crippen LogP contribution in [-0.4, -0.2) is 39.1 Å². The summed E-state index contributed by atoms with van der Waals surface area (Å²) in [7, 11) is 1.42. The molecule has 202 valence electrons. The Morgan fingerprint density at radius 3 is 2.39 bits per heavy atom. The summed E-state index contributed by atoms with van der Waals surface area (Å²) in [5.74, 6) is -1.71. The lowest BCUT2D eigenvalue weighted by Gasteiger charge is -2.13. The van der Waals surface area contributed by atoms with Crippen LogP contribution in [0.25, 0.3) is 27.9 Å². The van der Waals surface area contributed by atoms with E-state index < -0.39 is 17.2 Å². The number of benzene rings is 4. The molecule has 2 atom stereocenters. The zero-order valence-corrected chi connectivity index (χ0v) is 21.8. The first-order valence-corrected chi connectivity index (χ1v) is 13.0. The number of carbonyl (C=O) groups is 2. The molecule has 1 saturated carbocycles. The Kier molecular flexibility index (Phi) is 5.50. The van der Waals surface area contributed by atoms with Crippen LogP contribution in [-0.2, 0) is 10.2 Å². The first kappa shape index (κ1) is 24.7. The first-order valence-electron chi connectivity index (χ1n) is 13.0. The molecular formula is C32H23FN4O4. The number of rotatable bonds is 6. The van der Waals surface area contributed by atoms with Crippen LogP contribution in [0, 0.1) is 5.82 Å². The second kappa shape index (κ2) is 9.12. The van der Waals surface area contributed by atoms with Gasteiger partial charge in [0.2, 0.25) is 5.91 Å². The highest BCUT2D eigenvalue weighted by Gasteiger charge is 2.65. The number of anilines is 1. The van der Waals surface area contributed by atoms with Gasteiger partial charge in [-0.3, -0.25) is 4.79 Å². The number of halogens is 1. The van der Waals surface area contributed by atoms with Gasteiger partial charge in [-0.1, -0.05) is 47.7 Å². The molecule has 2 aliphatic rings. The lowest BCUT2D eigenvalue weighted by molar-refractivity contribution is -0.118. The SMILES string of the molecule is COc1ccc(C2CC23C(=O)Nc2cc(F)c(-c4ccc(-c5ccc(-n6ccnn6)cc5)cc4)cc23)cc1C(=O)O. The van der Waals surface area contributed by atoms with E-state index in [-0.39, 0.29) is 23.1 Å². The number of aromatic carboxylic acids is 1. The average Bonchev–Trinajstić information content (AvgIpc) is 3.38. The van der Waals surface area contributed by atoms with Gasteiger partial charge in [-0.05, 0) is 70.6 Å². The number of amides is 1.